The minimum Gasteiger partial charge on any atom is -0.297 e. The van der Waals surface area contributed by atoms with Gasteiger partial charge in [0.1, 0.15) is 0 Å². The first-order valence-electron chi connectivity index (χ1n) is 3.50. The van der Waals surface area contributed by atoms with Gasteiger partial charge in [0, 0.05) is 31.4 Å². The van der Waals surface area contributed by atoms with Gasteiger partial charge in [0.25, 0.3) is 0 Å². The quantitative estimate of drug-likeness (QED) is 0.522. The number of aliphatic imine (C=N–C) groups is 2. The minimum atomic E-state index is 0.398. The molecule has 0 N–H and O–H groups in total. The zero-order valence-corrected chi connectivity index (χ0v) is 7.47. The van der Waals surface area contributed by atoms with Crippen LogP contribution in [0, 0.1) is 5.92 Å². The molecule has 10 heavy (non-hydrogen) atoms. The monoisotopic (exact) mass is 140 g/mol. The Morgan fingerprint density at radius 2 is 1.30 bits per heavy atom. The largest absolute Gasteiger partial charge is 0.297 e. The molecule has 0 heterocycles. The third-order valence-corrected chi connectivity index (χ3v) is 1.96. The van der Waals surface area contributed by atoms with E-state index in [-0.39, 0.29) is 0 Å². The van der Waals surface area contributed by atoms with Gasteiger partial charge in [-0.3, -0.25) is 9.98 Å². The van der Waals surface area contributed by atoms with Crippen molar-refractivity contribution in [2.24, 2.45) is 15.9 Å². The molecule has 0 spiro atoms. The smallest absolute Gasteiger partial charge is 0.0314 e. The highest BCUT2D eigenvalue weighted by Crippen LogP contribution is 2.00. The molecule has 0 aromatic carbocycles. The molecule has 0 aliphatic carbocycles. The second-order valence-corrected chi connectivity index (χ2v) is 2.45. The maximum absolute atomic E-state index is 4.09. The first-order valence-corrected chi connectivity index (χ1v) is 3.50. The third kappa shape index (κ3) is 2.29. The van der Waals surface area contributed by atoms with Crippen LogP contribution in [0.25, 0.3) is 0 Å². The standard InChI is InChI=1S/C8H16N2/c1-6(7(2)9-4)8(3)10-5/h6H,1-5H3/b9-7+,10-8+. The van der Waals surface area contributed by atoms with Crippen LogP contribution < -0.4 is 0 Å². The van der Waals surface area contributed by atoms with Crippen LogP contribution in [0.15, 0.2) is 9.98 Å². The molecule has 0 aromatic rings. The molecular weight excluding hydrogens is 124 g/mol. The second kappa shape index (κ2) is 4.20. The van der Waals surface area contributed by atoms with Crippen LogP contribution in [0.1, 0.15) is 20.8 Å². The third-order valence-electron chi connectivity index (χ3n) is 1.96. The molecule has 2 heteroatoms. The zero-order chi connectivity index (χ0) is 8.15. The van der Waals surface area contributed by atoms with Crippen molar-refractivity contribution < 1.29 is 0 Å². The lowest BCUT2D eigenvalue weighted by atomic mass is 10.0. The van der Waals surface area contributed by atoms with Gasteiger partial charge in [-0.2, -0.15) is 0 Å². The Morgan fingerprint density at radius 1 is 1.00 bits per heavy atom. The SMILES string of the molecule is C/N=C(\C)C(C)/C(C)=N/C. The molecule has 0 fully saturated rings. The lowest BCUT2D eigenvalue weighted by Crippen LogP contribution is -2.15. The summed E-state index contributed by atoms with van der Waals surface area (Å²) in [7, 11) is 3.63. The summed E-state index contributed by atoms with van der Waals surface area (Å²) < 4.78 is 0. The van der Waals surface area contributed by atoms with Crippen LogP contribution >= 0.6 is 0 Å². The van der Waals surface area contributed by atoms with Crippen molar-refractivity contribution in [2.45, 2.75) is 20.8 Å². The van der Waals surface area contributed by atoms with E-state index in [4.69, 9.17) is 0 Å². The summed E-state index contributed by atoms with van der Waals surface area (Å²) in [5, 5.41) is 0. The van der Waals surface area contributed by atoms with E-state index in [0.29, 0.717) is 5.92 Å². The van der Waals surface area contributed by atoms with E-state index in [1.54, 1.807) is 0 Å². The molecule has 0 aromatic heterocycles. The van der Waals surface area contributed by atoms with Crippen LogP contribution in [0.3, 0.4) is 0 Å². The van der Waals surface area contributed by atoms with Gasteiger partial charge in [0.05, 0.1) is 0 Å². The van der Waals surface area contributed by atoms with E-state index in [2.05, 4.69) is 16.9 Å². The second-order valence-electron chi connectivity index (χ2n) is 2.45. The van der Waals surface area contributed by atoms with Crippen molar-refractivity contribution in [3.8, 4) is 0 Å². The zero-order valence-electron chi connectivity index (χ0n) is 7.47. The number of nitrogens with zero attached hydrogens (tertiary/aromatic N) is 2. The van der Waals surface area contributed by atoms with E-state index >= 15 is 0 Å². The van der Waals surface area contributed by atoms with Gasteiger partial charge in [0.2, 0.25) is 0 Å². The minimum absolute atomic E-state index is 0.398. The molecule has 0 rings (SSSR count). The Hall–Kier alpha value is -0.660. The molecular formula is C8H16N2. The summed E-state index contributed by atoms with van der Waals surface area (Å²) in [6.07, 6.45) is 0. The predicted octanol–water partition coefficient (Wildman–Crippen LogP) is 1.80. The number of hydrogen-bond donors (Lipinski definition) is 0. The van der Waals surface area contributed by atoms with Crippen LogP contribution in [-0.2, 0) is 0 Å². The predicted molar refractivity (Wildman–Crippen MR) is 47.2 cm³/mol. The molecule has 0 radical (unpaired) electrons. The highest BCUT2D eigenvalue weighted by Gasteiger charge is 2.06. The van der Waals surface area contributed by atoms with Crippen molar-refractivity contribution in [2.75, 3.05) is 14.1 Å². The average molecular weight is 140 g/mol. The van der Waals surface area contributed by atoms with Gasteiger partial charge >= 0.3 is 0 Å². The molecule has 0 atom stereocenters. The lowest BCUT2D eigenvalue weighted by molar-refractivity contribution is 1.02. The van der Waals surface area contributed by atoms with E-state index < -0.39 is 0 Å². The first-order chi connectivity index (χ1) is 4.63. The summed E-state index contributed by atoms with van der Waals surface area (Å²) in [4.78, 5) is 8.19. The Morgan fingerprint density at radius 3 is 1.50 bits per heavy atom. The normalized spacial score (nSPS) is 17.3. The van der Waals surface area contributed by atoms with Crippen LogP contribution in [0.5, 0.6) is 0 Å². The van der Waals surface area contributed by atoms with Crippen molar-refractivity contribution in [1.82, 2.24) is 0 Å². The highest BCUT2D eigenvalue weighted by molar-refractivity contribution is 6.04. The summed E-state index contributed by atoms with van der Waals surface area (Å²) in [6, 6.07) is 0. The van der Waals surface area contributed by atoms with Gasteiger partial charge in [-0.05, 0) is 13.8 Å². The molecule has 0 aliphatic heterocycles. The number of hydrogen-bond acceptors (Lipinski definition) is 2. The van der Waals surface area contributed by atoms with E-state index in [1.807, 2.05) is 27.9 Å². The fraction of sp³-hybridized carbons (Fsp3) is 0.750. The van der Waals surface area contributed by atoms with E-state index in [0.717, 1.165) is 11.4 Å². The topological polar surface area (TPSA) is 24.7 Å². The fourth-order valence-electron chi connectivity index (χ4n) is 0.690. The van der Waals surface area contributed by atoms with Gasteiger partial charge < -0.3 is 0 Å². The highest BCUT2D eigenvalue weighted by atomic mass is 14.7. The summed E-state index contributed by atoms with van der Waals surface area (Å²) >= 11 is 0. The van der Waals surface area contributed by atoms with E-state index in [1.165, 1.54) is 0 Å². The van der Waals surface area contributed by atoms with Crippen molar-refractivity contribution >= 4 is 11.4 Å². The Kier molecular flexibility index (Phi) is 3.93. The van der Waals surface area contributed by atoms with Crippen molar-refractivity contribution in [3.05, 3.63) is 0 Å². The van der Waals surface area contributed by atoms with Crippen molar-refractivity contribution in [3.63, 3.8) is 0 Å². The fourth-order valence-corrected chi connectivity index (χ4v) is 0.690. The average Bonchev–Trinajstić information content (AvgIpc) is 2.00. The van der Waals surface area contributed by atoms with Crippen LogP contribution in [0.4, 0.5) is 0 Å². The molecule has 0 bridgehead atoms. The maximum atomic E-state index is 4.09. The lowest BCUT2D eigenvalue weighted by Gasteiger charge is -2.08. The van der Waals surface area contributed by atoms with Gasteiger partial charge in [-0.1, -0.05) is 6.92 Å². The van der Waals surface area contributed by atoms with E-state index in [9.17, 15) is 0 Å². The Bertz CT molecular complexity index is 139. The molecule has 0 unspecified atom stereocenters. The molecule has 2 nitrogen and oxygen atoms in total. The van der Waals surface area contributed by atoms with Gasteiger partial charge in [0.15, 0.2) is 0 Å². The molecule has 58 valence electrons. The molecule has 0 saturated carbocycles. The Balaban J connectivity index is 4.22. The van der Waals surface area contributed by atoms with Gasteiger partial charge in [-0.25, -0.2) is 0 Å². The van der Waals surface area contributed by atoms with Crippen LogP contribution in [0.2, 0.25) is 0 Å². The summed E-state index contributed by atoms with van der Waals surface area (Å²) in [5.41, 5.74) is 2.28. The molecule has 0 amide bonds. The summed E-state index contributed by atoms with van der Waals surface area (Å²) in [6.45, 7) is 6.17. The van der Waals surface area contributed by atoms with Gasteiger partial charge in [-0.15, -0.1) is 0 Å². The Labute approximate surface area is 63.1 Å². The van der Waals surface area contributed by atoms with Crippen molar-refractivity contribution in [1.29, 1.82) is 0 Å². The first kappa shape index (κ1) is 9.34. The molecule has 0 aliphatic rings. The van der Waals surface area contributed by atoms with Crippen LogP contribution in [-0.4, -0.2) is 25.5 Å². The molecule has 0 saturated heterocycles. The summed E-state index contributed by atoms with van der Waals surface area (Å²) in [5.74, 6) is 0.398. The maximum Gasteiger partial charge on any atom is 0.0314 e. The number of rotatable bonds is 2.